The highest BCUT2D eigenvalue weighted by Gasteiger charge is 2.34. The van der Waals surface area contributed by atoms with Crippen molar-refractivity contribution in [2.24, 2.45) is 4.99 Å². The molecule has 0 saturated heterocycles. The molecule has 1 heterocycles. The second-order valence-electron chi connectivity index (χ2n) is 6.11. The molecule has 3 nitrogen and oxygen atoms in total. The fourth-order valence-corrected chi connectivity index (χ4v) is 3.03. The zero-order valence-electron chi connectivity index (χ0n) is 12.5. The molecule has 2 aliphatic rings. The van der Waals surface area contributed by atoms with Crippen LogP contribution in [0.5, 0.6) is 0 Å². The molecular formula is C16H20F3N3. The highest BCUT2D eigenvalue weighted by molar-refractivity contribution is 5.80. The van der Waals surface area contributed by atoms with Crippen LogP contribution in [0.1, 0.15) is 36.3 Å². The van der Waals surface area contributed by atoms with Gasteiger partial charge in [-0.05, 0) is 36.8 Å². The van der Waals surface area contributed by atoms with E-state index in [1.807, 2.05) is 7.05 Å². The Morgan fingerprint density at radius 3 is 2.73 bits per heavy atom. The predicted molar refractivity (Wildman–Crippen MR) is 79.9 cm³/mol. The topological polar surface area (TPSA) is 27.6 Å². The van der Waals surface area contributed by atoms with Crippen LogP contribution in [-0.2, 0) is 6.18 Å². The van der Waals surface area contributed by atoms with Crippen LogP contribution >= 0.6 is 0 Å². The molecular weight excluding hydrogens is 291 g/mol. The summed E-state index contributed by atoms with van der Waals surface area (Å²) in [6.07, 6.45) is -1.49. The van der Waals surface area contributed by atoms with Gasteiger partial charge in [0.05, 0.1) is 5.56 Å². The Bertz CT molecular complexity index is 562. The van der Waals surface area contributed by atoms with Crippen LogP contribution in [0.25, 0.3) is 0 Å². The maximum atomic E-state index is 12.7. The maximum Gasteiger partial charge on any atom is 0.416 e. The number of nitrogens with zero attached hydrogens (tertiary/aromatic N) is 2. The molecule has 0 unspecified atom stereocenters. The summed E-state index contributed by atoms with van der Waals surface area (Å²) in [6.45, 7) is 1.84. The van der Waals surface area contributed by atoms with E-state index in [1.54, 1.807) is 6.07 Å². The summed E-state index contributed by atoms with van der Waals surface area (Å²) in [5, 5.41) is 3.40. The van der Waals surface area contributed by atoms with Gasteiger partial charge in [0.1, 0.15) is 0 Å². The first-order valence-electron chi connectivity index (χ1n) is 7.63. The average Bonchev–Trinajstić information content (AvgIpc) is 2.43. The molecule has 1 aromatic carbocycles. The molecule has 1 aliphatic heterocycles. The largest absolute Gasteiger partial charge is 0.416 e. The van der Waals surface area contributed by atoms with Crippen molar-refractivity contribution in [2.45, 2.75) is 37.4 Å². The van der Waals surface area contributed by atoms with Crippen molar-refractivity contribution in [1.82, 2.24) is 10.2 Å². The van der Waals surface area contributed by atoms with Gasteiger partial charge in [0, 0.05) is 26.2 Å². The van der Waals surface area contributed by atoms with Gasteiger partial charge in [0.25, 0.3) is 0 Å². The molecule has 0 bridgehead atoms. The van der Waals surface area contributed by atoms with Gasteiger partial charge in [-0.1, -0.05) is 18.2 Å². The van der Waals surface area contributed by atoms with Gasteiger partial charge in [-0.2, -0.15) is 13.2 Å². The minimum atomic E-state index is -4.27. The summed E-state index contributed by atoms with van der Waals surface area (Å²) in [5.74, 6) is 1.12. The van der Waals surface area contributed by atoms with Crippen molar-refractivity contribution in [2.75, 3.05) is 20.1 Å². The van der Waals surface area contributed by atoms with Crippen molar-refractivity contribution in [3.8, 4) is 0 Å². The molecule has 1 aliphatic carbocycles. The molecule has 1 fully saturated rings. The molecule has 0 amide bonds. The molecule has 22 heavy (non-hydrogen) atoms. The van der Waals surface area contributed by atoms with Crippen LogP contribution < -0.4 is 5.32 Å². The number of benzene rings is 1. The highest BCUT2D eigenvalue weighted by Crippen LogP contribution is 2.39. The minimum Gasteiger partial charge on any atom is -0.353 e. The monoisotopic (exact) mass is 311 g/mol. The lowest BCUT2D eigenvalue weighted by atomic mass is 9.75. The van der Waals surface area contributed by atoms with Crippen molar-refractivity contribution >= 4 is 5.96 Å². The van der Waals surface area contributed by atoms with Crippen molar-refractivity contribution in [3.63, 3.8) is 0 Å². The van der Waals surface area contributed by atoms with Crippen LogP contribution in [-0.4, -0.2) is 37.0 Å². The number of hydrogen-bond acceptors (Lipinski definition) is 3. The van der Waals surface area contributed by atoms with Crippen molar-refractivity contribution in [3.05, 3.63) is 35.4 Å². The Kier molecular flexibility index (Phi) is 4.02. The normalized spacial score (nSPS) is 25.5. The van der Waals surface area contributed by atoms with E-state index in [-0.39, 0.29) is 5.92 Å². The van der Waals surface area contributed by atoms with E-state index in [4.69, 9.17) is 0 Å². The summed E-state index contributed by atoms with van der Waals surface area (Å²) in [4.78, 5) is 6.56. The lowest BCUT2D eigenvalue weighted by Crippen LogP contribution is -2.50. The maximum absolute atomic E-state index is 12.7. The van der Waals surface area contributed by atoms with E-state index in [1.165, 1.54) is 12.1 Å². The summed E-state index contributed by atoms with van der Waals surface area (Å²) in [6, 6.07) is 6.01. The second-order valence-corrected chi connectivity index (χ2v) is 6.11. The van der Waals surface area contributed by atoms with E-state index in [0.717, 1.165) is 49.9 Å². The molecule has 0 radical (unpaired) electrons. The van der Waals surface area contributed by atoms with E-state index >= 15 is 0 Å². The highest BCUT2D eigenvalue weighted by atomic mass is 19.4. The molecule has 6 heteroatoms. The molecule has 120 valence electrons. The minimum absolute atomic E-state index is 0.203. The van der Waals surface area contributed by atoms with E-state index in [9.17, 15) is 13.2 Å². The SMILES string of the molecule is CN1CCCN=C1NC1CC(c2cccc(C(F)(F)F)c2)C1. The third kappa shape index (κ3) is 3.20. The van der Waals surface area contributed by atoms with Crippen LogP contribution in [0.4, 0.5) is 13.2 Å². The Morgan fingerprint density at radius 1 is 1.27 bits per heavy atom. The molecule has 3 rings (SSSR count). The number of alkyl halides is 3. The van der Waals surface area contributed by atoms with Crippen LogP contribution in [0.2, 0.25) is 0 Å². The van der Waals surface area contributed by atoms with Crippen LogP contribution in [0, 0.1) is 0 Å². The number of guanidine groups is 1. The number of halogens is 3. The van der Waals surface area contributed by atoms with Crippen LogP contribution in [0.15, 0.2) is 29.3 Å². The Balaban J connectivity index is 1.58. The first kappa shape index (κ1) is 15.2. The third-order valence-corrected chi connectivity index (χ3v) is 4.43. The fourth-order valence-electron chi connectivity index (χ4n) is 3.03. The molecule has 0 atom stereocenters. The lowest BCUT2D eigenvalue weighted by molar-refractivity contribution is -0.137. The fraction of sp³-hybridized carbons (Fsp3) is 0.562. The van der Waals surface area contributed by atoms with E-state index in [0.29, 0.717) is 6.04 Å². The Morgan fingerprint density at radius 2 is 2.05 bits per heavy atom. The number of nitrogens with one attached hydrogen (secondary N) is 1. The first-order valence-corrected chi connectivity index (χ1v) is 7.63. The Hall–Kier alpha value is -1.72. The standard InChI is InChI=1S/C16H20F3N3/c1-22-7-3-6-20-15(22)21-14-9-12(10-14)11-4-2-5-13(8-11)16(17,18)19/h2,4-5,8,12,14H,3,6-7,9-10H2,1H3,(H,20,21). The zero-order chi connectivity index (χ0) is 15.7. The molecule has 1 aromatic rings. The zero-order valence-corrected chi connectivity index (χ0v) is 12.5. The number of rotatable bonds is 2. The summed E-state index contributed by atoms with van der Waals surface area (Å²) >= 11 is 0. The van der Waals surface area contributed by atoms with Gasteiger partial charge >= 0.3 is 6.18 Å². The third-order valence-electron chi connectivity index (χ3n) is 4.43. The summed E-state index contributed by atoms with van der Waals surface area (Å²) in [7, 11) is 2.01. The van der Waals surface area contributed by atoms with Crippen molar-refractivity contribution in [1.29, 1.82) is 0 Å². The van der Waals surface area contributed by atoms with E-state index < -0.39 is 11.7 Å². The van der Waals surface area contributed by atoms with Crippen molar-refractivity contribution < 1.29 is 13.2 Å². The van der Waals surface area contributed by atoms with Gasteiger partial charge in [-0.3, -0.25) is 4.99 Å². The first-order chi connectivity index (χ1) is 10.4. The van der Waals surface area contributed by atoms with Gasteiger partial charge in [0.15, 0.2) is 5.96 Å². The summed E-state index contributed by atoms with van der Waals surface area (Å²) < 4.78 is 38.2. The van der Waals surface area contributed by atoms with Crippen LogP contribution in [0.3, 0.4) is 0 Å². The Labute approximate surface area is 128 Å². The van der Waals surface area contributed by atoms with Gasteiger partial charge in [0.2, 0.25) is 0 Å². The lowest BCUT2D eigenvalue weighted by Gasteiger charge is -2.39. The predicted octanol–water partition coefficient (Wildman–Crippen LogP) is 3.23. The smallest absolute Gasteiger partial charge is 0.353 e. The molecule has 1 saturated carbocycles. The second kappa shape index (κ2) is 5.82. The molecule has 0 spiro atoms. The van der Waals surface area contributed by atoms with Gasteiger partial charge in [-0.15, -0.1) is 0 Å². The number of aliphatic imine (C=N–C) groups is 1. The average molecular weight is 311 g/mol. The quantitative estimate of drug-likeness (QED) is 0.908. The number of hydrogen-bond donors (Lipinski definition) is 1. The van der Waals surface area contributed by atoms with Gasteiger partial charge in [-0.25, -0.2) is 0 Å². The van der Waals surface area contributed by atoms with E-state index in [2.05, 4.69) is 15.2 Å². The van der Waals surface area contributed by atoms with Gasteiger partial charge < -0.3 is 10.2 Å². The molecule has 0 aromatic heterocycles. The molecule has 1 N–H and O–H groups in total. The summed E-state index contributed by atoms with van der Waals surface area (Å²) in [5.41, 5.74) is 0.226.